The number of rotatable bonds is 7. The number of ether oxygens (including phenoxy) is 1. The first-order valence-electron chi connectivity index (χ1n) is 6.11. The number of aryl methyl sites for hydroxylation is 1. The standard InChI is InChI=1S/C13H16N4O2/c18-13(6-8-17-11-14-10-16-17)15-7-9-19-12-4-2-1-3-5-12/h1-5,10-11H,6-9H2,(H,15,18). The molecule has 1 aromatic heterocycles. The summed E-state index contributed by atoms with van der Waals surface area (Å²) in [5.41, 5.74) is 0. The largest absolute Gasteiger partial charge is 0.492 e. The highest BCUT2D eigenvalue weighted by Gasteiger charge is 2.01. The van der Waals surface area contributed by atoms with Crippen molar-refractivity contribution in [2.45, 2.75) is 13.0 Å². The molecule has 100 valence electrons. The lowest BCUT2D eigenvalue weighted by Gasteiger charge is -2.07. The summed E-state index contributed by atoms with van der Waals surface area (Å²) < 4.78 is 7.09. The number of aromatic nitrogens is 3. The first kappa shape index (κ1) is 13.1. The average Bonchev–Trinajstić information content (AvgIpc) is 2.96. The molecule has 1 aromatic carbocycles. The van der Waals surface area contributed by atoms with Gasteiger partial charge in [-0.3, -0.25) is 9.48 Å². The van der Waals surface area contributed by atoms with Gasteiger partial charge in [-0.15, -0.1) is 0 Å². The number of nitrogens with one attached hydrogen (secondary N) is 1. The number of carbonyl (C=O) groups excluding carboxylic acids is 1. The maximum atomic E-state index is 11.5. The molecular weight excluding hydrogens is 244 g/mol. The highest BCUT2D eigenvalue weighted by atomic mass is 16.5. The van der Waals surface area contributed by atoms with E-state index in [1.54, 1.807) is 11.0 Å². The molecule has 0 fully saturated rings. The number of hydrogen-bond acceptors (Lipinski definition) is 4. The van der Waals surface area contributed by atoms with Crippen LogP contribution in [0.5, 0.6) is 5.75 Å². The van der Waals surface area contributed by atoms with E-state index in [0.29, 0.717) is 26.1 Å². The van der Waals surface area contributed by atoms with E-state index in [2.05, 4.69) is 15.4 Å². The molecule has 0 aliphatic heterocycles. The molecule has 0 spiro atoms. The topological polar surface area (TPSA) is 69.0 Å². The zero-order chi connectivity index (χ0) is 13.3. The molecule has 6 heteroatoms. The molecule has 0 unspecified atom stereocenters. The number of nitrogens with zero attached hydrogens (tertiary/aromatic N) is 3. The van der Waals surface area contributed by atoms with Crippen LogP contribution in [0.2, 0.25) is 0 Å². The van der Waals surface area contributed by atoms with Crippen LogP contribution in [-0.2, 0) is 11.3 Å². The Morgan fingerprint density at radius 1 is 1.32 bits per heavy atom. The van der Waals surface area contributed by atoms with Gasteiger partial charge in [-0.25, -0.2) is 4.98 Å². The fraction of sp³-hybridized carbons (Fsp3) is 0.308. The van der Waals surface area contributed by atoms with Crippen molar-refractivity contribution in [3.8, 4) is 5.75 Å². The molecule has 1 amide bonds. The summed E-state index contributed by atoms with van der Waals surface area (Å²) in [6, 6.07) is 9.51. The van der Waals surface area contributed by atoms with Crippen LogP contribution in [0.4, 0.5) is 0 Å². The molecule has 2 aromatic rings. The van der Waals surface area contributed by atoms with E-state index in [-0.39, 0.29) is 5.91 Å². The summed E-state index contributed by atoms with van der Waals surface area (Å²) in [4.78, 5) is 15.3. The molecule has 1 N–H and O–H groups in total. The SMILES string of the molecule is O=C(CCn1cncn1)NCCOc1ccccc1. The summed E-state index contributed by atoms with van der Waals surface area (Å²) in [7, 11) is 0. The normalized spacial score (nSPS) is 10.1. The van der Waals surface area contributed by atoms with Crippen LogP contribution in [-0.4, -0.2) is 33.8 Å². The molecular formula is C13H16N4O2. The fourth-order valence-electron chi connectivity index (χ4n) is 1.53. The maximum absolute atomic E-state index is 11.5. The van der Waals surface area contributed by atoms with E-state index in [4.69, 9.17) is 4.74 Å². The van der Waals surface area contributed by atoms with Crippen LogP contribution in [0.3, 0.4) is 0 Å². The number of benzene rings is 1. The van der Waals surface area contributed by atoms with Crippen molar-refractivity contribution in [2.75, 3.05) is 13.2 Å². The van der Waals surface area contributed by atoms with Gasteiger partial charge in [-0.2, -0.15) is 5.10 Å². The minimum absolute atomic E-state index is 0.0211. The van der Waals surface area contributed by atoms with Gasteiger partial charge >= 0.3 is 0 Å². The van der Waals surface area contributed by atoms with E-state index in [1.807, 2.05) is 30.3 Å². The van der Waals surface area contributed by atoms with Crippen molar-refractivity contribution >= 4 is 5.91 Å². The molecule has 0 saturated carbocycles. The number of para-hydroxylation sites is 1. The minimum atomic E-state index is -0.0211. The molecule has 0 atom stereocenters. The van der Waals surface area contributed by atoms with Crippen LogP contribution in [0, 0.1) is 0 Å². The second-order valence-corrected chi connectivity index (χ2v) is 3.92. The van der Waals surface area contributed by atoms with Crippen LogP contribution >= 0.6 is 0 Å². The third kappa shape index (κ3) is 4.79. The average molecular weight is 260 g/mol. The number of carbonyl (C=O) groups is 1. The number of hydrogen-bond donors (Lipinski definition) is 1. The van der Waals surface area contributed by atoms with E-state index in [1.165, 1.54) is 6.33 Å². The lowest BCUT2D eigenvalue weighted by molar-refractivity contribution is -0.121. The van der Waals surface area contributed by atoms with Gasteiger partial charge in [-0.05, 0) is 12.1 Å². The molecule has 6 nitrogen and oxygen atoms in total. The smallest absolute Gasteiger partial charge is 0.221 e. The van der Waals surface area contributed by atoms with E-state index in [9.17, 15) is 4.79 Å². The van der Waals surface area contributed by atoms with Gasteiger partial charge in [0.25, 0.3) is 0 Å². The van der Waals surface area contributed by atoms with E-state index in [0.717, 1.165) is 5.75 Å². The van der Waals surface area contributed by atoms with Crippen LogP contribution in [0.15, 0.2) is 43.0 Å². The van der Waals surface area contributed by atoms with Crippen molar-refractivity contribution < 1.29 is 9.53 Å². The molecule has 1 heterocycles. The van der Waals surface area contributed by atoms with E-state index < -0.39 is 0 Å². The summed E-state index contributed by atoms with van der Waals surface area (Å²) in [5, 5.41) is 6.72. The van der Waals surface area contributed by atoms with Gasteiger partial charge in [0.2, 0.25) is 5.91 Å². The van der Waals surface area contributed by atoms with Gasteiger partial charge < -0.3 is 10.1 Å². The van der Waals surface area contributed by atoms with E-state index >= 15 is 0 Å². The Morgan fingerprint density at radius 2 is 2.16 bits per heavy atom. The van der Waals surface area contributed by atoms with Gasteiger partial charge in [-0.1, -0.05) is 18.2 Å². The summed E-state index contributed by atoms with van der Waals surface area (Å²) in [6.07, 6.45) is 3.42. The van der Waals surface area contributed by atoms with Gasteiger partial charge in [0.1, 0.15) is 25.0 Å². The zero-order valence-electron chi connectivity index (χ0n) is 10.5. The molecule has 2 rings (SSSR count). The number of amides is 1. The summed E-state index contributed by atoms with van der Waals surface area (Å²) in [6.45, 7) is 1.48. The molecule has 0 radical (unpaired) electrons. The molecule has 19 heavy (non-hydrogen) atoms. The molecule has 0 aliphatic rings. The molecule has 0 bridgehead atoms. The Balaban J connectivity index is 1.57. The Labute approximate surface area is 111 Å². The highest BCUT2D eigenvalue weighted by molar-refractivity contribution is 5.75. The van der Waals surface area contributed by atoms with Crippen LogP contribution in [0.1, 0.15) is 6.42 Å². The van der Waals surface area contributed by atoms with Crippen molar-refractivity contribution in [2.24, 2.45) is 0 Å². The van der Waals surface area contributed by atoms with Crippen molar-refractivity contribution in [3.63, 3.8) is 0 Å². The monoisotopic (exact) mass is 260 g/mol. The van der Waals surface area contributed by atoms with Gasteiger partial charge in [0.05, 0.1) is 13.1 Å². The summed E-state index contributed by atoms with van der Waals surface area (Å²) >= 11 is 0. The lowest BCUT2D eigenvalue weighted by Crippen LogP contribution is -2.28. The lowest BCUT2D eigenvalue weighted by atomic mass is 10.3. The summed E-state index contributed by atoms with van der Waals surface area (Å²) in [5.74, 6) is 0.784. The third-order valence-electron chi connectivity index (χ3n) is 2.47. The fourth-order valence-corrected chi connectivity index (χ4v) is 1.53. The first-order chi connectivity index (χ1) is 9.34. The van der Waals surface area contributed by atoms with Crippen LogP contribution in [0.25, 0.3) is 0 Å². The second kappa shape index (κ2) is 7.15. The Hall–Kier alpha value is -2.37. The molecule has 0 aliphatic carbocycles. The first-order valence-corrected chi connectivity index (χ1v) is 6.11. The quantitative estimate of drug-likeness (QED) is 0.750. The van der Waals surface area contributed by atoms with Gasteiger partial charge in [0.15, 0.2) is 0 Å². The predicted octanol–water partition coefficient (Wildman–Crippen LogP) is 0.863. The van der Waals surface area contributed by atoms with Gasteiger partial charge in [0, 0.05) is 6.42 Å². The molecule has 0 saturated heterocycles. The van der Waals surface area contributed by atoms with Crippen molar-refractivity contribution in [1.82, 2.24) is 20.1 Å². The van der Waals surface area contributed by atoms with Crippen LogP contribution < -0.4 is 10.1 Å². The predicted molar refractivity (Wildman–Crippen MR) is 69.6 cm³/mol. The third-order valence-corrected chi connectivity index (χ3v) is 2.47. The zero-order valence-corrected chi connectivity index (χ0v) is 10.5. The Morgan fingerprint density at radius 3 is 2.89 bits per heavy atom. The second-order valence-electron chi connectivity index (χ2n) is 3.92. The van der Waals surface area contributed by atoms with Crippen molar-refractivity contribution in [3.05, 3.63) is 43.0 Å². The van der Waals surface area contributed by atoms with Crippen molar-refractivity contribution in [1.29, 1.82) is 0 Å². The minimum Gasteiger partial charge on any atom is -0.492 e. The Bertz CT molecular complexity index is 485. The maximum Gasteiger partial charge on any atom is 0.221 e. The Kier molecular flexibility index (Phi) is 4.92. The highest BCUT2D eigenvalue weighted by Crippen LogP contribution is 2.07.